The van der Waals surface area contributed by atoms with Gasteiger partial charge in [0, 0.05) is 17.0 Å². The van der Waals surface area contributed by atoms with Gasteiger partial charge in [-0.2, -0.15) is 0 Å². The van der Waals surface area contributed by atoms with Gasteiger partial charge in [0.15, 0.2) is 11.5 Å². The summed E-state index contributed by atoms with van der Waals surface area (Å²) in [7, 11) is 1.61. The molecule has 0 aliphatic carbocycles. The van der Waals surface area contributed by atoms with E-state index in [4.69, 9.17) is 14.2 Å². The summed E-state index contributed by atoms with van der Waals surface area (Å²) in [6.45, 7) is 1.32. The quantitative estimate of drug-likeness (QED) is 0.839. The topological polar surface area (TPSA) is 56.8 Å². The summed E-state index contributed by atoms with van der Waals surface area (Å²) in [4.78, 5) is 13.0. The van der Waals surface area contributed by atoms with Gasteiger partial charge in [-0.15, -0.1) is 11.8 Å². The highest BCUT2D eigenvalue weighted by atomic mass is 32.2. The highest BCUT2D eigenvalue weighted by molar-refractivity contribution is 8.00. The molecule has 0 unspecified atom stereocenters. The maximum atomic E-state index is 12.1. The van der Waals surface area contributed by atoms with E-state index in [1.165, 1.54) is 11.8 Å². The zero-order valence-electron chi connectivity index (χ0n) is 13.4. The Balaban J connectivity index is 1.54. The maximum absolute atomic E-state index is 12.1. The molecule has 2 aromatic carbocycles. The molecule has 0 atom stereocenters. The molecular formula is C18H19NO4S. The van der Waals surface area contributed by atoms with Crippen LogP contribution in [0.1, 0.15) is 6.42 Å². The maximum Gasteiger partial charge on any atom is 0.234 e. The third-order valence-corrected chi connectivity index (χ3v) is 4.46. The lowest BCUT2D eigenvalue weighted by atomic mass is 10.3. The number of thioether (sulfide) groups is 1. The van der Waals surface area contributed by atoms with Crippen molar-refractivity contribution in [2.45, 2.75) is 11.3 Å². The summed E-state index contributed by atoms with van der Waals surface area (Å²) in [5.41, 5.74) is 0.750. The number of carbonyl (C=O) groups excluding carboxylic acids is 1. The lowest BCUT2D eigenvalue weighted by Gasteiger charge is -2.09. The third-order valence-electron chi connectivity index (χ3n) is 3.46. The smallest absolute Gasteiger partial charge is 0.234 e. The van der Waals surface area contributed by atoms with E-state index in [9.17, 15) is 4.79 Å². The van der Waals surface area contributed by atoms with Gasteiger partial charge in [0.05, 0.1) is 26.1 Å². The summed E-state index contributed by atoms with van der Waals surface area (Å²) in [6, 6.07) is 13.0. The molecule has 5 nitrogen and oxygen atoms in total. The normalized spacial score (nSPS) is 13.0. The van der Waals surface area contributed by atoms with Crippen LogP contribution < -0.4 is 19.5 Å². The molecule has 0 radical (unpaired) electrons. The molecule has 1 aliphatic rings. The van der Waals surface area contributed by atoms with Gasteiger partial charge in [-0.1, -0.05) is 0 Å². The van der Waals surface area contributed by atoms with Crippen LogP contribution in [0.3, 0.4) is 0 Å². The second-order valence-electron chi connectivity index (χ2n) is 5.22. The van der Waals surface area contributed by atoms with Crippen LogP contribution in [0, 0.1) is 0 Å². The van der Waals surface area contributed by atoms with Crippen LogP contribution in [-0.2, 0) is 4.79 Å². The number of benzene rings is 2. The van der Waals surface area contributed by atoms with E-state index >= 15 is 0 Å². The van der Waals surface area contributed by atoms with Crippen LogP contribution in [-0.4, -0.2) is 32.0 Å². The van der Waals surface area contributed by atoms with Crippen molar-refractivity contribution < 1.29 is 19.0 Å². The number of amides is 1. The molecule has 0 saturated carbocycles. The molecule has 6 heteroatoms. The second-order valence-corrected chi connectivity index (χ2v) is 6.27. The molecule has 3 rings (SSSR count). The van der Waals surface area contributed by atoms with Gasteiger partial charge in [-0.05, 0) is 42.5 Å². The summed E-state index contributed by atoms with van der Waals surface area (Å²) in [5, 5.41) is 2.86. The van der Waals surface area contributed by atoms with E-state index in [0.717, 1.165) is 34.3 Å². The zero-order valence-corrected chi connectivity index (χ0v) is 14.2. The number of anilines is 1. The molecule has 2 aromatic rings. The van der Waals surface area contributed by atoms with Crippen molar-refractivity contribution in [1.82, 2.24) is 0 Å². The molecule has 126 valence electrons. The van der Waals surface area contributed by atoms with Crippen molar-refractivity contribution in [3.63, 3.8) is 0 Å². The van der Waals surface area contributed by atoms with E-state index in [-0.39, 0.29) is 5.91 Å². The van der Waals surface area contributed by atoms with Crippen molar-refractivity contribution in [3.05, 3.63) is 42.5 Å². The minimum Gasteiger partial charge on any atom is -0.497 e. The molecule has 0 fully saturated rings. The monoisotopic (exact) mass is 345 g/mol. The average molecular weight is 345 g/mol. The number of carbonyl (C=O) groups is 1. The molecular weight excluding hydrogens is 326 g/mol. The third kappa shape index (κ3) is 4.35. The fourth-order valence-corrected chi connectivity index (χ4v) is 2.98. The number of hydrogen-bond donors (Lipinski definition) is 1. The van der Waals surface area contributed by atoms with Crippen LogP contribution in [0.4, 0.5) is 5.69 Å². The van der Waals surface area contributed by atoms with E-state index in [2.05, 4.69) is 5.32 Å². The molecule has 24 heavy (non-hydrogen) atoms. The molecule has 1 N–H and O–H groups in total. The number of nitrogens with one attached hydrogen (secondary N) is 1. The standard InChI is InChI=1S/C18H19NO4S/c1-21-14-5-3-13(4-6-14)19-18(20)12-24-15-7-8-16-17(11-15)23-10-2-9-22-16/h3-8,11H,2,9-10,12H2,1H3,(H,19,20). The lowest BCUT2D eigenvalue weighted by Crippen LogP contribution is -2.13. The first-order chi connectivity index (χ1) is 11.7. The van der Waals surface area contributed by atoms with E-state index in [1.807, 2.05) is 42.5 Å². The number of fused-ring (bicyclic) bond motifs is 1. The fourth-order valence-electron chi connectivity index (χ4n) is 2.25. The van der Waals surface area contributed by atoms with Gasteiger partial charge in [-0.3, -0.25) is 4.79 Å². The minimum absolute atomic E-state index is 0.0581. The lowest BCUT2D eigenvalue weighted by molar-refractivity contribution is -0.113. The highest BCUT2D eigenvalue weighted by Crippen LogP contribution is 2.33. The summed E-state index contributed by atoms with van der Waals surface area (Å²) in [5.74, 6) is 2.53. The van der Waals surface area contributed by atoms with Gasteiger partial charge in [-0.25, -0.2) is 0 Å². The van der Waals surface area contributed by atoms with Crippen LogP contribution in [0.2, 0.25) is 0 Å². The molecule has 0 spiro atoms. The Hall–Kier alpha value is -2.34. The van der Waals surface area contributed by atoms with E-state index < -0.39 is 0 Å². The molecule has 1 heterocycles. The van der Waals surface area contributed by atoms with Crippen LogP contribution in [0.25, 0.3) is 0 Å². The van der Waals surface area contributed by atoms with Crippen molar-refractivity contribution in [3.8, 4) is 17.2 Å². The summed E-state index contributed by atoms with van der Waals surface area (Å²) < 4.78 is 16.4. The van der Waals surface area contributed by atoms with Crippen LogP contribution in [0.15, 0.2) is 47.4 Å². The SMILES string of the molecule is COc1ccc(NC(=O)CSc2ccc3c(c2)OCCCO3)cc1. The first-order valence-corrected chi connectivity index (χ1v) is 8.69. The summed E-state index contributed by atoms with van der Waals surface area (Å²) >= 11 is 1.46. The van der Waals surface area contributed by atoms with Crippen molar-refractivity contribution >= 4 is 23.4 Å². The molecule has 0 bridgehead atoms. The number of ether oxygens (including phenoxy) is 3. The molecule has 0 saturated heterocycles. The Kier molecular flexibility index (Phi) is 5.48. The van der Waals surface area contributed by atoms with Crippen molar-refractivity contribution in [2.24, 2.45) is 0 Å². The number of rotatable bonds is 5. The van der Waals surface area contributed by atoms with E-state index in [1.54, 1.807) is 7.11 Å². The van der Waals surface area contributed by atoms with Crippen molar-refractivity contribution in [2.75, 3.05) is 31.4 Å². The zero-order chi connectivity index (χ0) is 16.8. The molecule has 1 amide bonds. The first-order valence-electron chi connectivity index (χ1n) is 7.71. The Morgan fingerprint density at radius 1 is 1.12 bits per heavy atom. The van der Waals surface area contributed by atoms with Crippen LogP contribution >= 0.6 is 11.8 Å². The molecule has 1 aliphatic heterocycles. The number of hydrogen-bond acceptors (Lipinski definition) is 5. The van der Waals surface area contributed by atoms with Gasteiger partial charge >= 0.3 is 0 Å². The highest BCUT2D eigenvalue weighted by Gasteiger charge is 2.11. The Bertz CT molecular complexity index is 703. The Morgan fingerprint density at radius 3 is 2.62 bits per heavy atom. The van der Waals surface area contributed by atoms with Crippen LogP contribution in [0.5, 0.6) is 17.2 Å². The molecule has 0 aromatic heterocycles. The predicted octanol–water partition coefficient (Wildman–Crippen LogP) is 3.59. The predicted molar refractivity (Wildman–Crippen MR) is 94.4 cm³/mol. The number of methoxy groups -OCH3 is 1. The largest absolute Gasteiger partial charge is 0.497 e. The van der Waals surface area contributed by atoms with E-state index in [0.29, 0.717) is 19.0 Å². The van der Waals surface area contributed by atoms with Gasteiger partial charge in [0.1, 0.15) is 5.75 Å². The van der Waals surface area contributed by atoms with Crippen molar-refractivity contribution in [1.29, 1.82) is 0 Å². The minimum atomic E-state index is -0.0581. The summed E-state index contributed by atoms with van der Waals surface area (Å²) in [6.07, 6.45) is 0.876. The second kappa shape index (κ2) is 7.97. The Morgan fingerprint density at radius 2 is 1.88 bits per heavy atom. The fraction of sp³-hybridized carbons (Fsp3) is 0.278. The first kappa shape index (κ1) is 16.5. The average Bonchev–Trinajstić information content (AvgIpc) is 2.85. The van der Waals surface area contributed by atoms with Gasteiger partial charge in [0.2, 0.25) is 5.91 Å². The van der Waals surface area contributed by atoms with Gasteiger partial charge < -0.3 is 19.5 Å². The Labute approximate surface area is 145 Å². The van der Waals surface area contributed by atoms with Gasteiger partial charge in [0.25, 0.3) is 0 Å².